The summed E-state index contributed by atoms with van der Waals surface area (Å²) < 4.78 is 0.990. The van der Waals surface area contributed by atoms with Crippen LogP contribution in [0.2, 0.25) is 10.0 Å². The molecule has 2 nitrogen and oxygen atoms in total. The van der Waals surface area contributed by atoms with Gasteiger partial charge in [-0.2, -0.15) is 0 Å². The lowest BCUT2D eigenvalue weighted by atomic mass is 9.97. The van der Waals surface area contributed by atoms with Crippen molar-refractivity contribution in [2.45, 2.75) is 19.4 Å². The molecule has 3 aromatic rings. The molecule has 27 heavy (non-hydrogen) atoms. The number of nitrogens with one attached hydrogen (secondary N) is 1. The van der Waals surface area contributed by atoms with Crippen LogP contribution in [0.5, 0.6) is 0 Å². The molecular weight excluding hydrogens is 445 g/mol. The van der Waals surface area contributed by atoms with Crippen molar-refractivity contribution < 1.29 is 4.79 Å². The SMILES string of the molecule is Cc1ccc(C(=O)C[C@@H](Nc2ccc(Cl)c(Cl)c2)c2ccc(Br)cc2)cc1. The van der Waals surface area contributed by atoms with Gasteiger partial charge in [0, 0.05) is 22.1 Å². The number of benzene rings is 3. The summed E-state index contributed by atoms with van der Waals surface area (Å²) in [6.45, 7) is 2.00. The van der Waals surface area contributed by atoms with Crippen molar-refractivity contribution in [3.8, 4) is 0 Å². The highest BCUT2D eigenvalue weighted by atomic mass is 79.9. The number of hydrogen-bond donors (Lipinski definition) is 1. The Labute approximate surface area is 177 Å². The molecule has 0 saturated heterocycles. The van der Waals surface area contributed by atoms with Crippen molar-refractivity contribution in [2.75, 3.05) is 5.32 Å². The van der Waals surface area contributed by atoms with E-state index in [2.05, 4.69) is 21.2 Å². The van der Waals surface area contributed by atoms with E-state index in [1.54, 1.807) is 12.1 Å². The van der Waals surface area contributed by atoms with E-state index in [4.69, 9.17) is 23.2 Å². The van der Waals surface area contributed by atoms with E-state index in [0.29, 0.717) is 22.0 Å². The van der Waals surface area contributed by atoms with Gasteiger partial charge < -0.3 is 5.32 Å². The monoisotopic (exact) mass is 461 g/mol. The Morgan fingerprint density at radius 3 is 2.26 bits per heavy atom. The Balaban J connectivity index is 1.86. The van der Waals surface area contributed by atoms with Gasteiger partial charge in [-0.15, -0.1) is 0 Å². The molecule has 0 unspecified atom stereocenters. The molecule has 3 rings (SSSR count). The number of anilines is 1. The van der Waals surface area contributed by atoms with Gasteiger partial charge in [-0.25, -0.2) is 0 Å². The maximum absolute atomic E-state index is 12.8. The summed E-state index contributed by atoms with van der Waals surface area (Å²) >= 11 is 15.6. The summed E-state index contributed by atoms with van der Waals surface area (Å²) in [6, 6.07) is 20.8. The van der Waals surface area contributed by atoms with Crippen LogP contribution in [0, 0.1) is 6.92 Å². The smallest absolute Gasteiger partial charge is 0.165 e. The van der Waals surface area contributed by atoms with Crippen molar-refractivity contribution in [3.63, 3.8) is 0 Å². The molecule has 0 saturated carbocycles. The van der Waals surface area contributed by atoms with E-state index in [0.717, 1.165) is 21.3 Å². The molecule has 0 heterocycles. The Kier molecular flexibility index (Phi) is 6.59. The Bertz CT molecular complexity index is 940. The standard InChI is InChI=1S/C22H18BrCl2NO/c1-14-2-4-16(5-3-14)22(27)13-21(15-6-8-17(23)9-7-15)26-18-10-11-19(24)20(25)12-18/h2-12,21,26H,13H2,1H3/t21-/m1/s1. The third-order valence-corrected chi connectivity index (χ3v) is 5.56. The first-order valence-electron chi connectivity index (χ1n) is 8.49. The molecule has 0 aliphatic heterocycles. The first kappa shape index (κ1) is 19.9. The van der Waals surface area contributed by atoms with Crippen LogP contribution in [0.3, 0.4) is 0 Å². The zero-order valence-corrected chi connectivity index (χ0v) is 17.8. The second kappa shape index (κ2) is 8.92. The number of ketones is 1. The molecule has 1 atom stereocenters. The molecular formula is C22H18BrCl2NO. The van der Waals surface area contributed by atoms with E-state index >= 15 is 0 Å². The summed E-state index contributed by atoms with van der Waals surface area (Å²) in [5, 5.41) is 4.39. The van der Waals surface area contributed by atoms with Gasteiger partial charge >= 0.3 is 0 Å². The zero-order chi connectivity index (χ0) is 19.4. The highest BCUT2D eigenvalue weighted by molar-refractivity contribution is 9.10. The lowest BCUT2D eigenvalue weighted by molar-refractivity contribution is 0.0976. The Hall–Kier alpha value is -1.81. The van der Waals surface area contributed by atoms with Gasteiger partial charge in [0.15, 0.2) is 5.78 Å². The summed E-state index contributed by atoms with van der Waals surface area (Å²) in [4.78, 5) is 12.8. The minimum absolute atomic E-state index is 0.0791. The van der Waals surface area contributed by atoms with Crippen LogP contribution >= 0.6 is 39.1 Å². The first-order chi connectivity index (χ1) is 12.9. The second-order valence-electron chi connectivity index (χ2n) is 6.37. The van der Waals surface area contributed by atoms with Crippen molar-refractivity contribution in [1.82, 2.24) is 0 Å². The van der Waals surface area contributed by atoms with Crippen LogP contribution in [-0.2, 0) is 0 Å². The van der Waals surface area contributed by atoms with Gasteiger partial charge in [0.25, 0.3) is 0 Å². The maximum atomic E-state index is 12.8. The number of Topliss-reactive ketones (excluding diaryl/α,β-unsaturated/α-hetero) is 1. The van der Waals surface area contributed by atoms with Gasteiger partial charge in [-0.05, 0) is 42.8 Å². The normalized spacial score (nSPS) is 11.9. The van der Waals surface area contributed by atoms with Crippen LogP contribution in [0.1, 0.15) is 33.9 Å². The summed E-state index contributed by atoms with van der Waals surface area (Å²) in [5.74, 6) is 0.0791. The third kappa shape index (κ3) is 5.35. The number of carbonyl (C=O) groups is 1. The van der Waals surface area contributed by atoms with Crippen molar-refractivity contribution in [3.05, 3.63) is 97.9 Å². The topological polar surface area (TPSA) is 29.1 Å². The number of halogens is 3. The first-order valence-corrected chi connectivity index (χ1v) is 10.0. The van der Waals surface area contributed by atoms with Crippen LogP contribution in [0.4, 0.5) is 5.69 Å². The minimum atomic E-state index is -0.191. The highest BCUT2D eigenvalue weighted by Gasteiger charge is 2.18. The van der Waals surface area contributed by atoms with E-state index in [-0.39, 0.29) is 11.8 Å². The molecule has 1 N–H and O–H groups in total. The third-order valence-electron chi connectivity index (χ3n) is 4.30. The lowest BCUT2D eigenvalue weighted by Crippen LogP contribution is -2.16. The molecule has 3 aromatic carbocycles. The Morgan fingerprint density at radius 2 is 1.63 bits per heavy atom. The molecule has 0 aliphatic rings. The predicted molar refractivity (Wildman–Crippen MR) is 117 cm³/mol. The number of hydrogen-bond acceptors (Lipinski definition) is 2. The maximum Gasteiger partial charge on any atom is 0.165 e. The molecule has 0 aromatic heterocycles. The predicted octanol–water partition coefficient (Wildman–Crippen LogP) is 7.49. The van der Waals surface area contributed by atoms with Crippen molar-refractivity contribution in [1.29, 1.82) is 0 Å². The fourth-order valence-electron chi connectivity index (χ4n) is 2.78. The Morgan fingerprint density at radius 1 is 0.963 bits per heavy atom. The van der Waals surface area contributed by atoms with Crippen LogP contribution in [0.25, 0.3) is 0 Å². The van der Waals surface area contributed by atoms with Gasteiger partial charge in [0.2, 0.25) is 0 Å². The second-order valence-corrected chi connectivity index (χ2v) is 8.10. The molecule has 0 amide bonds. The number of carbonyl (C=O) groups excluding carboxylic acids is 1. The minimum Gasteiger partial charge on any atom is -0.378 e. The van der Waals surface area contributed by atoms with E-state index in [1.807, 2.05) is 61.5 Å². The van der Waals surface area contributed by atoms with Crippen LogP contribution in [0.15, 0.2) is 71.2 Å². The summed E-state index contributed by atoms with van der Waals surface area (Å²) in [6.07, 6.45) is 0.324. The average molecular weight is 463 g/mol. The van der Waals surface area contributed by atoms with Gasteiger partial charge in [0.1, 0.15) is 0 Å². The van der Waals surface area contributed by atoms with Crippen molar-refractivity contribution in [2.24, 2.45) is 0 Å². The van der Waals surface area contributed by atoms with Gasteiger partial charge in [-0.1, -0.05) is 81.1 Å². The fourth-order valence-corrected chi connectivity index (χ4v) is 3.34. The summed E-state index contributed by atoms with van der Waals surface area (Å²) in [7, 11) is 0. The fraction of sp³-hybridized carbons (Fsp3) is 0.136. The highest BCUT2D eigenvalue weighted by Crippen LogP contribution is 2.30. The number of rotatable bonds is 6. The molecule has 0 spiro atoms. The quantitative estimate of drug-likeness (QED) is 0.384. The van der Waals surface area contributed by atoms with Crippen LogP contribution < -0.4 is 5.32 Å². The largest absolute Gasteiger partial charge is 0.378 e. The molecule has 0 bridgehead atoms. The number of aryl methyl sites for hydroxylation is 1. The van der Waals surface area contributed by atoms with E-state index in [1.165, 1.54) is 0 Å². The molecule has 0 fully saturated rings. The van der Waals surface area contributed by atoms with Gasteiger partial charge in [0.05, 0.1) is 16.1 Å². The van der Waals surface area contributed by atoms with Crippen LogP contribution in [-0.4, -0.2) is 5.78 Å². The van der Waals surface area contributed by atoms with E-state index < -0.39 is 0 Å². The van der Waals surface area contributed by atoms with Gasteiger partial charge in [-0.3, -0.25) is 4.79 Å². The zero-order valence-electron chi connectivity index (χ0n) is 14.7. The molecule has 138 valence electrons. The van der Waals surface area contributed by atoms with E-state index in [9.17, 15) is 4.79 Å². The average Bonchev–Trinajstić information content (AvgIpc) is 2.65. The molecule has 0 aliphatic carbocycles. The van der Waals surface area contributed by atoms with Crippen molar-refractivity contribution >= 4 is 50.6 Å². The lowest BCUT2D eigenvalue weighted by Gasteiger charge is -2.20. The molecule has 0 radical (unpaired) electrons. The summed E-state index contributed by atoms with van der Waals surface area (Å²) in [5.41, 5.74) is 3.67. The molecule has 5 heteroatoms.